The maximum atomic E-state index is 9.99. The minimum atomic E-state index is -1.12. The van der Waals surface area contributed by atoms with E-state index in [0.717, 1.165) is 0 Å². The van der Waals surface area contributed by atoms with E-state index in [1.54, 1.807) is 12.2 Å². The maximum absolute atomic E-state index is 9.99. The van der Waals surface area contributed by atoms with E-state index < -0.39 is 5.97 Å². The number of rotatable bonds is 2. The molecule has 0 unspecified atom stereocenters. The van der Waals surface area contributed by atoms with Crippen molar-refractivity contribution in [3.05, 3.63) is 23.8 Å². The summed E-state index contributed by atoms with van der Waals surface area (Å²) < 4.78 is 0. The number of carboxylic acids is 1. The standard InChI is InChI=1S/C7H10O2.K/c1-3-4-5-6(2)7(8)9;/h3-5H,1-2H3,(H,8,9);/q;+1/p-1. The van der Waals surface area contributed by atoms with Crippen molar-refractivity contribution in [3.63, 3.8) is 0 Å². The Morgan fingerprint density at radius 2 is 2.00 bits per heavy atom. The number of hydrogen-bond acceptors (Lipinski definition) is 2. The molecule has 0 aromatic carbocycles. The number of carbonyl (C=O) groups is 1. The minimum absolute atomic E-state index is 0. The van der Waals surface area contributed by atoms with E-state index in [9.17, 15) is 9.90 Å². The Bertz CT molecular complexity index is 159. The summed E-state index contributed by atoms with van der Waals surface area (Å²) in [6.45, 7) is 3.31. The molecule has 0 atom stereocenters. The molecule has 0 fully saturated rings. The monoisotopic (exact) mass is 164 g/mol. The SMILES string of the molecule is CC=CC=C(C)C(=O)[O-].[K+]. The molecule has 0 aromatic rings. The molecule has 0 rings (SSSR count). The summed E-state index contributed by atoms with van der Waals surface area (Å²) >= 11 is 0. The van der Waals surface area contributed by atoms with E-state index in [4.69, 9.17) is 0 Å². The van der Waals surface area contributed by atoms with Crippen molar-refractivity contribution < 1.29 is 61.3 Å². The second-order valence-corrected chi connectivity index (χ2v) is 1.66. The molecular formula is C7H9KO2. The fraction of sp³-hybridized carbons (Fsp3) is 0.286. The van der Waals surface area contributed by atoms with Gasteiger partial charge in [-0.3, -0.25) is 0 Å². The Morgan fingerprint density at radius 1 is 1.50 bits per heavy atom. The van der Waals surface area contributed by atoms with Crippen molar-refractivity contribution >= 4 is 5.97 Å². The Morgan fingerprint density at radius 3 is 2.30 bits per heavy atom. The van der Waals surface area contributed by atoms with Gasteiger partial charge in [-0.25, -0.2) is 0 Å². The van der Waals surface area contributed by atoms with Crippen LogP contribution in [-0.4, -0.2) is 5.97 Å². The van der Waals surface area contributed by atoms with E-state index in [-0.39, 0.29) is 57.0 Å². The molecule has 3 heteroatoms. The molecule has 2 nitrogen and oxygen atoms in total. The largest absolute Gasteiger partial charge is 1.00 e. The first-order valence-corrected chi connectivity index (χ1v) is 2.69. The summed E-state index contributed by atoms with van der Waals surface area (Å²) in [5.74, 6) is -1.12. The van der Waals surface area contributed by atoms with Crippen LogP contribution >= 0.6 is 0 Å². The van der Waals surface area contributed by atoms with E-state index in [1.165, 1.54) is 13.0 Å². The number of aliphatic carboxylic acids is 1. The van der Waals surface area contributed by atoms with Crippen LogP contribution in [-0.2, 0) is 4.79 Å². The normalized spacial score (nSPS) is 11.2. The Balaban J connectivity index is 0. The molecule has 0 N–H and O–H groups in total. The number of hydrogen-bond donors (Lipinski definition) is 0. The van der Waals surface area contributed by atoms with Crippen LogP contribution in [0.4, 0.5) is 0 Å². The van der Waals surface area contributed by atoms with Crippen molar-refractivity contribution in [3.8, 4) is 0 Å². The zero-order valence-electron chi connectivity index (χ0n) is 6.55. The molecule has 0 aliphatic heterocycles. The second-order valence-electron chi connectivity index (χ2n) is 1.66. The predicted octanol–water partition coefficient (Wildman–Crippen LogP) is -2.74. The van der Waals surface area contributed by atoms with Crippen molar-refractivity contribution in [2.24, 2.45) is 0 Å². The van der Waals surface area contributed by atoms with E-state index in [2.05, 4.69) is 0 Å². The molecule has 0 radical (unpaired) electrons. The topological polar surface area (TPSA) is 40.1 Å². The molecule has 0 aromatic heterocycles. The van der Waals surface area contributed by atoms with Gasteiger partial charge in [-0.05, 0) is 19.4 Å². The van der Waals surface area contributed by atoms with E-state index in [1.807, 2.05) is 6.92 Å². The fourth-order valence-corrected chi connectivity index (χ4v) is 0.309. The molecule has 0 amide bonds. The summed E-state index contributed by atoms with van der Waals surface area (Å²) in [7, 11) is 0. The van der Waals surface area contributed by atoms with Crippen molar-refractivity contribution in [2.75, 3.05) is 0 Å². The van der Waals surface area contributed by atoms with E-state index in [0.29, 0.717) is 0 Å². The Labute approximate surface area is 103 Å². The summed E-state index contributed by atoms with van der Waals surface area (Å²) in [5.41, 5.74) is 0.244. The molecule has 0 bridgehead atoms. The summed E-state index contributed by atoms with van der Waals surface area (Å²) in [6.07, 6.45) is 4.91. The second kappa shape index (κ2) is 7.69. The van der Waals surface area contributed by atoms with Crippen LogP contribution in [0.15, 0.2) is 23.8 Å². The van der Waals surface area contributed by atoms with Crippen LogP contribution in [0, 0.1) is 0 Å². The van der Waals surface area contributed by atoms with Gasteiger partial charge in [0.25, 0.3) is 0 Å². The molecule has 50 valence electrons. The zero-order chi connectivity index (χ0) is 7.28. The Kier molecular flexibility index (Phi) is 10.1. The molecule has 0 saturated heterocycles. The molecule has 0 aliphatic carbocycles. The van der Waals surface area contributed by atoms with Gasteiger partial charge in [0.2, 0.25) is 0 Å². The van der Waals surface area contributed by atoms with Crippen LogP contribution in [0.5, 0.6) is 0 Å². The number of carboxylic acid groups (broad SMARTS) is 1. The first-order valence-electron chi connectivity index (χ1n) is 2.69. The maximum Gasteiger partial charge on any atom is 1.00 e. The third-order valence-corrected chi connectivity index (χ3v) is 0.861. The first-order chi connectivity index (χ1) is 4.18. The average molecular weight is 164 g/mol. The first kappa shape index (κ1) is 13.2. The zero-order valence-corrected chi connectivity index (χ0v) is 9.67. The van der Waals surface area contributed by atoms with Crippen molar-refractivity contribution in [1.82, 2.24) is 0 Å². The summed E-state index contributed by atoms with van der Waals surface area (Å²) in [6, 6.07) is 0. The van der Waals surface area contributed by atoms with Gasteiger partial charge >= 0.3 is 51.4 Å². The Hall–Kier alpha value is 0.586. The van der Waals surface area contributed by atoms with Gasteiger partial charge in [-0.2, -0.15) is 0 Å². The quantitative estimate of drug-likeness (QED) is 0.252. The third kappa shape index (κ3) is 6.70. The number of allylic oxidation sites excluding steroid dienone is 3. The van der Waals surface area contributed by atoms with Gasteiger partial charge < -0.3 is 9.90 Å². The summed E-state index contributed by atoms with van der Waals surface area (Å²) in [5, 5.41) is 9.99. The third-order valence-electron chi connectivity index (χ3n) is 0.861. The van der Waals surface area contributed by atoms with Gasteiger partial charge in [0.05, 0.1) is 5.97 Å². The van der Waals surface area contributed by atoms with Gasteiger partial charge in [0.1, 0.15) is 0 Å². The molecule has 0 spiro atoms. The van der Waals surface area contributed by atoms with Gasteiger partial charge in [0, 0.05) is 0 Å². The van der Waals surface area contributed by atoms with Crippen LogP contribution in [0.2, 0.25) is 0 Å². The van der Waals surface area contributed by atoms with E-state index >= 15 is 0 Å². The van der Waals surface area contributed by atoms with Crippen LogP contribution in [0.1, 0.15) is 13.8 Å². The van der Waals surface area contributed by atoms with Gasteiger partial charge in [-0.1, -0.05) is 18.2 Å². The molecule has 0 saturated carbocycles. The molecule has 10 heavy (non-hydrogen) atoms. The minimum Gasteiger partial charge on any atom is -0.545 e. The fourth-order valence-electron chi connectivity index (χ4n) is 0.309. The van der Waals surface area contributed by atoms with Crippen molar-refractivity contribution in [1.29, 1.82) is 0 Å². The predicted molar refractivity (Wildman–Crippen MR) is 33.6 cm³/mol. The molecule has 0 aliphatic rings. The van der Waals surface area contributed by atoms with Gasteiger partial charge in [0.15, 0.2) is 0 Å². The summed E-state index contributed by atoms with van der Waals surface area (Å²) in [4.78, 5) is 9.99. The van der Waals surface area contributed by atoms with Crippen molar-refractivity contribution in [2.45, 2.75) is 13.8 Å². The average Bonchev–Trinajstić information content (AvgIpc) is 1.82. The smallest absolute Gasteiger partial charge is 0.545 e. The van der Waals surface area contributed by atoms with Crippen LogP contribution in [0.3, 0.4) is 0 Å². The molecule has 0 heterocycles. The van der Waals surface area contributed by atoms with Crippen LogP contribution in [0.25, 0.3) is 0 Å². The molecular weight excluding hydrogens is 155 g/mol. The van der Waals surface area contributed by atoms with Crippen LogP contribution < -0.4 is 56.5 Å². The number of carbonyl (C=O) groups excluding carboxylic acids is 1. The van der Waals surface area contributed by atoms with Gasteiger partial charge in [-0.15, -0.1) is 0 Å².